The summed E-state index contributed by atoms with van der Waals surface area (Å²) in [6.45, 7) is 0. The summed E-state index contributed by atoms with van der Waals surface area (Å²) in [5.41, 5.74) is 2.60. The zero-order chi connectivity index (χ0) is 15.5. The highest BCUT2D eigenvalue weighted by atomic mass is 16.5. The van der Waals surface area contributed by atoms with Gasteiger partial charge in [-0.15, -0.1) is 0 Å². The Bertz CT molecular complexity index is 826. The minimum absolute atomic E-state index is 0.0497. The van der Waals surface area contributed by atoms with E-state index in [1.54, 1.807) is 25.3 Å². The van der Waals surface area contributed by atoms with Crippen molar-refractivity contribution in [1.82, 2.24) is 4.98 Å². The van der Waals surface area contributed by atoms with Crippen molar-refractivity contribution in [2.75, 3.05) is 12.4 Å². The molecule has 0 aliphatic heterocycles. The van der Waals surface area contributed by atoms with E-state index in [1.807, 2.05) is 24.3 Å². The zero-order valence-electron chi connectivity index (χ0n) is 11.9. The number of aromatic nitrogens is 1. The number of carboxylic acids is 1. The number of hydrogen-bond acceptors (Lipinski definition) is 5. The Labute approximate surface area is 126 Å². The van der Waals surface area contributed by atoms with Gasteiger partial charge in [-0.05, 0) is 29.8 Å². The molecule has 0 saturated carbocycles. The maximum Gasteiger partial charge on any atom is 0.307 e. The van der Waals surface area contributed by atoms with Crippen molar-refractivity contribution in [1.29, 1.82) is 0 Å². The molecule has 1 heterocycles. The van der Waals surface area contributed by atoms with Gasteiger partial charge in [0.05, 0.1) is 19.2 Å². The third-order valence-corrected chi connectivity index (χ3v) is 3.16. The first-order valence-electron chi connectivity index (χ1n) is 6.67. The van der Waals surface area contributed by atoms with Gasteiger partial charge in [0, 0.05) is 0 Å². The summed E-state index contributed by atoms with van der Waals surface area (Å²) < 4.78 is 10.9. The van der Waals surface area contributed by atoms with Crippen LogP contribution < -0.4 is 10.1 Å². The van der Waals surface area contributed by atoms with Crippen molar-refractivity contribution in [2.24, 2.45) is 0 Å². The molecule has 0 spiro atoms. The van der Waals surface area contributed by atoms with Gasteiger partial charge in [0.1, 0.15) is 11.3 Å². The minimum Gasteiger partial charge on any atom is -0.495 e. The second-order valence-electron chi connectivity index (χ2n) is 4.72. The van der Waals surface area contributed by atoms with Gasteiger partial charge in [-0.3, -0.25) is 4.79 Å². The number of nitrogens with one attached hydrogen (secondary N) is 1. The van der Waals surface area contributed by atoms with E-state index in [9.17, 15) is 4.79 Å². The van der Waals surface area contributed by atoms with E-state index in [2.05, 4.69) is 10.3 Å². The largest absolute Gasteiger partial charge is 0.495 e. The highest BCUT2D eigenvalue weighted by Gasteiger charge is 2.10. The Hall–Kier alpha value is -3.02. The molecule has 1 aromatic heterocycles. The van der Waals surface area contributed by atoms with E-state index in [4.69, 9.17) is 14.3 Å². The molecule has 0 saturated heterocycles. The predicted molar refractivity (Wildman–Crippen MR) is 81.6 cm³/mol. The topological polar surface area (TPSA) is 84.6 Å². The van der Waals surface area contributed by atoms with Crippen molar-refractivity contribution in [3.8, 4) is 5.75 Å². The van der Waals surface area contributed by atoms with Gasteiger partial charge in [0.15, 0.2) is 5.58 Å². The lowest BCUT2D eigenvalue weighted by molar-refractivity contribution is -0.136. The van der Waals surface area contributed by atoms with E-state index in [1.165, 1.54) is 0 Å². The van der Waals surface area contributed by atoms with Gasteiger partial charge in [0.2, 0.25) is 0 Å². The monoisotopic (exact) mass is 298 g/mol. The van der Waals surface area contributed by atoms with Crippen molar-refractivity contribution in [3.63, 3.8) is 0 Å². The van der Waals surface area contributed by atoms with Crippen molar-refractivity contribution < 1.29 is 19.1 Å². The number of para-hydroxylation sites is 2. The SMILES string of the molecule is COc1ccccc1Nc1nc2ccc(CC(=O)O)cc2o1. The number of ether oxygens (including phenoxy) is 1. The van der Waals surface area contributed by atoms with Gasteiger partial charge in [-0.1, -0.05) is 18.2 Å². The Balaban J connectivity index is 1.90. The number of rotatable bonds is 5. The van der Waals surface area contributed by atoms with E-state index in [-0.39, 0.29) is 6.42 Å². The van der Waals surface area contributed by atoms with Crippen LogP contribution in [0.1, 0.15) is 5.56 Å². The number of nitrogens with zero attached hydrogens (tertiary/aromatic N) is 1. The molecule has 0 fully saturated rings. The summed E-state index contributed by atoms with van der Waals surface area (Å²) in [4.78, 5) is 15.1. The fraction of sp³-hybridized carbons (Fsp3) is 0.125. The Morgan fingerprint density at radius 1 is 1.32 bits per heavy atom. The lowest BCUT2D eigenvalue weighted by atomic mass is 10.1. The maximum atomic E-state index is 10.7. The van der Waals surface area contributed by atoms with Gasteiger partial charge in [0.25, 0.3) is 6.01 Å². The first kappa shape index (κ1) is 13.9. The number of anilines is 2. The molecule has 0 amide bonds. The van der Waals surface area contributed by atoms with Crippen molar-refractivity contribution >= 4 is 28.8 Å². The third kappa shape index (κ3) is 2.85. The molecule has 6 nitrogen and oxygen atoms in total. The molecule has 0 atom stereocenters. The molecule has 112 valence electrons. The number of fused-ring (bicyclic) bond motifs is 1. The smallest absolute Gasteiger partial charge is 0.307 e. The maximum absolute atomic E-state index is 10.7. The molecule has 2 aromatic carbocycles. The number of carboxylic acid groups (broad SMARTS) is 1. The van der Waals surface area contributed by atoms with E-state index in [0.717, 1.165) is 5.69 Å². The molecule has 0 aliphatic rings. The standard InChI is InChI=1S/C16H14N2O4/c1-21-13-5-3-2-4-11(13)17-16-18-12-7-6-10(9-15(19)20)8-14(12)22-16/h2-8H,9H2,1H3,(H,17,18)(H,19,20). The van der Waals surface area contributed by atoms with Gasteiger partial charge >= 0.3 is 5.97 Å². The summed E-state index contributed by atoms with van der Waals surface area (Å²) >= 11 is 0. The Morgan fingerprint density at radius 2 is 2.14 bits per heavy atom. The first-order chi connectivity index (χ1) is 10.7. The van der Waals surface area contributed by atoms with Crippen LogP contribution >= 0.6 is 0 Å². The molecular formula is C16H14N2O4. The highest BCUT2D eigenvalue weighted by molar-refractivity contribution is 5.78. The molecule has 22 heavy (non-hydrogen) atoms. The molecule has 6 heteroatoms. The average molecular weight is 298 g/mol. The number of methoxy groups -OCH3 is 1. The number of aliphatic carboxylic acids is 1. The number of oxazole rings is 1. The Morgan fingerprint density at radius 3 is 2.91 bits per heavy atom. The first-order valence-corrected chi connectivity index (χ1v) is 6.67. The van der Waals surface area contributed by atoms with E-state index < -0.39 is 5.97 Å². The van der Waals surface area contributed by atoms with E-state index >= 15 is 0 Å². The van der Waals surface area contributed by atoms with Crippen LogP contribution in [0.3, 0.4) is 0 Å². The molecule has 3 rings (SSSR count). The van der Waals surface area contributed by atoms with Crippen molar-refractivity contribution in [3.05, 3.63) is 48.0 Å². The van der Waals surface area contributed by atoms with Crippen LogP contribution in [0.2, 0.25) is 0 Å². The summed E-state index contributed by atoms with van der Waals surface area (Å²) in [7, 11) is 1.59. The summed E-state index contributed by atoms with van der Waals surface area (Å²) in [6, 6.07) is 12.9. The van der Waals surface area contributed by atoms with Gasteiger partial charge in [-0.25, -0.2) is 0 Å². The van der Waals surface area contributed by atoms with Gasteiger partial charge in [-0.2, -0.15) is 4.98 Å². The summed E-state index contributed by atoms with van der Waals surface area (Å²) in [5.74, 6) is -0.206. The van der Waals surface area contributed by atoms with Crippen LogP contribution in [0.4, 0.5) is 11.7 Å². The number of benzene rings is 2. The number of hydrogen-bond donors (Lipinski definition) is 2. The fourth-order valence-electron chi connectivity index (χ4n) is 2.17. The van der Waals surface area contributed by atoms with Crippen LogP contribution in [-0.2, 0) is 11.2 Å². The second kappa shape index (κ2) is 5.77. The summed E-state index contributed by atoms with van der Waals surface area (Å²) in [5, 5.41) is 11.9. The number of carbonyl (C=O) groups is 1. The van der Waals surface area contributed by atoms with Crippen LogP contribution in [-0.4, -0.2) is 23.2 Å². The van der Waals surface area contributed by atoms with Crippen LogP contribution in [0.25, 0.3) is 11.1 Å². The van der Waals surface area contributed by atoms with Crippen LogP contribution in [0.15, 0.2) is 46.9 Å². The van der Waals surface area contributed by atoms with Crippen LogP contribution in [0, 0.1) is 0 Å². The second-order valence-corrected chi connectivity index (χ2v) is 4.72. The lowest BCUT2D eigenvalue weighted by Gasteiger charge is -2.07. The van der Waals surface area contributed by atoms with Gasteiger partial charge < -0.3 is 19.6 Å². The fourth-order valence-corrected chi connectivity index (χ4v) is 2.17. The van der Waals surface area contributed by atoms with Crippen LogP contribution in [0.5, 0.6) is 5.75 Å². The predicted octanol–water partition coefficient (Wildman–Crippen LogP) is 3.21. The molecule has 2 N–H and O–H groups in total. The molecular weight excluding hydrogens is 284 g/mol. The molecule has 0 unspecified atom stereocenters. The molecule has 0 radical (unpaired) electrons. The average Bonchev–Trinajstić information content (AvgIpc) is 2.88. The molecule has 0 aliphatic carbocycles. The van der Waals surface area contributed by atoms with Crippen molar-refractivity contribution in [2.45, 2.75) is 6.42 Å². The quantitative estimate of drug-likeness (QED) is 0.752. The molecule has 3 aromatic rings. The minimum atomic E-state index is -0.883. The highest BCUT2D eigenvalue weighted by Crippen LogP contribution is 2.28. The lowest BCUT2D eigenvalue weighted by Crippen LogP contribution is -1.99. The Kier molecular flexibility index (Phi) is 3.65. The molecule has 0 bridgehead atoms. The van der Waals surface area contributed by atoms with E-state index in [0.29, 0.717) is 28.4 Å². The third-order valence-electron chi connectivity index (χ3n) is 3.16. The normalized spacial score (nSPS) is 10.6. The zero-order valence-corrected chi connectivity index (χ0v) is 11.9. The summed E-state index contributed by atoms with van der Waals surface area (Å²) in [6.07, 6.45) is -0.0497.